The van der Waals surface area contributed by atoms with E-state index in [-0.39, 0.29) is 5.91 Å². The van der Waals surface area contributed by atoms with Crippen LogP contribution in [0.25, 0.3) is 10.9 Å². The molecule has 0 radical (unpaired) electrons. The fourth-order valence-corrected chi connectivity index (χ4v) is 3.56. The maximum Gasteiger partial charge on any atom is 0.223 e. The lowest BCUT2D eigenvalue weighted by Crippen LogP contribution is -2.26. The van der Waals surface area contributed by atoms with Crippen LogP contribution in [0, 0.1) is 0 Å². The average molecular weight is 418 g/mol. The van der Waals surface area contributed by atoms with Crippen LogP contribution in [-0.4, -0.2) is 38.0 Å². The van der Waals surface area contributed by atoms with E-state index >= 15 is 0 Å². The highest BCUT2D eigenvalue weighted by atomic mass is 16.4. The molecule has 0 bridgehead atoms. The van der Waals surface area contributed by atoms with Gasteiger partial charge in [0.05, 0.1) is 12.2 Å². The third kappa shape index (κ3) is 5.17. The summed E-state index contributed by atoms with van der Waals surface area (Å²) in [7, 11) is 1.79. The van der Waals surface area contributed by atoms with Crippen molar-refractivity contribution in [1.29, 1.82) is 0 Å². The summed E-state index contributed by atoms with van der Waals surface area (Å²) < 4.78 is 5.75. The molecule has 4 aromatic rings. The highest BCUT2D eigenvalue weighted by molar-refractivity contribution is 5.83. The van der Waals surface area contributed by atoms with Crippen molar-refractivity contribution in [2.24, 2.45) is 0 Å². The van der Waals surface area contributed by atoms with Gasteiger partial charge in [0.15, 0.2) is 0 Å². The Balaban J connectivity index is 1.26. The van der Waals surface area contributed by atoms with Gasteiger partial charge in [-0.25, -0.2) is 0 Å². The molecule has 0 aliphatic heterocycles. The number of nitrogens with zero attached hydrogens (tertiary/aromatic N) is 4. The van der Waals surface area contributed by atoms with E-state index in [0.29, 0.717) is 37.6 Å². The van der Waals surface area contributed by atoms with Crippen molar-refractivity contribution in [3.63, 3.8) is 0 Å². The number of aryl methyl sites for hydroxylation is 4. The van der Waals surface area contributed by atoms with Gasteiger partial charge in [-0.15, -0.1) is 10.2 Å². The number of nitrogens with one attached hydrogen (secondary N) is 1. The minimum absolute atomic E-state index is 0.0277. The number of aromatic amines is 1. The molecular formula is C24H27N5O2. The van der Waals surface area contributed by atoms with Crippen molar-refractivity contribution >= 4 is 16.8 Å². The number of pyridine rings is 1. The summed E-state index contributed by atoms with van der Waals surface area (Å²) in [6.07, 6.45) is 7.10. The average Bonchev–Trinajstić information content (AvgIpc) is 3.43. The molecule has 1 amide bonds. The van der Waals surface area contributed by atoms with E-state index in [0.717, 1.165) is 24.1 Å². The topological polar surface area (TPSA) is 87.9 Å². The van der Waals surface area contributed by atoms with Crippen LogP contribution in [0.4, 0.5) is 0 Å². The molecule has 1 N–H and O–H groups in total. The summed E-state index contributed by atoms with van der Waals surface area (Å²) in [6, 6.07) is 12.3. The Morgan fingerprint density at radius 2 is 1.87 bits per heavy atom. The second-order valence-corrected chi connectivity index (χ2v) is 7.71. The fraction of sp³-hybridized carbons (Fsp3) is 0.333. The Morgan fingerprint density at radius 3 is 2.65 bits per heavy atom. The molecule has 1 aromatic carbocycles. The number of para-hydroxylation sites is 1. The van der Waals surface area contributed by atoms with Crippen molar-refractivity contribution in [2.45, 2.75) is 45.6 Å². The van der Waals surface area contributed by atoms with Crippen LogP contribution in [-0.2, 0) is 37.0 Å². The van der Waals surface area contributed by atoms with Gasteiger partial charge in [0.1, 0.15) is 0 Å². The molecule has 0 saturated heterocycles. The molecular weight excluding hydrogens is 390 g/mol. The highest BCUT2D eigenvalue weighted by Crippen LogP contribution is 2.19. The van der Waals surface area contributed by atoms with E-state index in [1.807, 2.05) is 30.6 Å². The minimum Gasteiger partial charge on any atom is -0.425 e. The number of amides is 1. The van der Waals surface area contributed by atoms with Crippen molar-refractivity contribution < 1.29 is 9.21 Å². The Labute approximate surface area is 181 Å². The molecule has 0 saturated carbocycles. The molecule has 4 rings (SSSR count). The van der Waals surface area contributed by atoms with Gasteiger partial charge in [0, 0.05) is 49.6 Å². The molecule has 0 aliphatic carbocycles. The first-order valence-corrected chi connectivity index (χ1v) is 10.7. The van der Waals surface area contributed by atoms with Crippen molar-refractivity contribution in [3.05, 3.63) is 77.4 Å². The summed E-state index contributed by atoms with van der Waals surface area (Å²) in [5, 5.41) is 9.46. The van der Waals surface area contributed by atoms with Gasteiger partial charge in [-0.2, -0.15) is 0 Å². The summed E-state index contributed by atoms with van der Waals surface area (Å²) in [5.74, 6) is 1.13. The molecule has 7 heteroatoms. The minimum atomic E-state index is 0.0277. The molecule has 160 valence electrons. The number of H-pyrrole nitrogens is 1. The summed E-state index contributed by atoms with van der Waals surface area (Å²) in [6.45, 7) is 2.58. The van der Waals surface area contributed by atoms with Crippen LogP contribution in [0.1, 0.15) is 41.9 Å². The first-order valence-electron chi connectivity index (χ1n) is 10.7. The van der Waals surface area contributed by atoms with E-state index < -0.39 is 0 Å². The number of benzene rings is 1. The predicted octanol–water partition coefficient (Wildman–Crippen LogP) is 3.88. The molecule has 31 heavy (non-hydrogen) atoms. The Kier molecular flexibility index (Phi) is 6.40. The molecule has 0 spiro atoms. The monoisotopic (exact) mass is 417 g/mol. The van der Waals surface area contributed by atoms with Crippen LogP contribution in [0.2, 0.25) is 0 Å². The van der Waals surface area contributed by atoms with Crippen molar-refractivity contribution in [1.82, 2.24) is 25.1 Å². The standard InChI is InChI=1S/C24H27N5O2/c1-3-17-8-10-19(25-14-17)16-29(2)24(30)13-12-23-28-27-22(31-23)11-9-18-15-26-21-7-5-4-6-20(18)21/h4-8,10,14-15,26H,3,9,11-13,16H2,1-2H3. The third-order valence-corrected chi connectivity index (χ3v) is 5.46. The fourth-order valence-electron chi connectivity index (χ4n) is 3.56. The first-order chi connectivity index (χ1) is 15.1. The number of carbonyl (C=O) groups is 1. The van der Waals surface area contributed by atoms with Crippen molar-refractivity contribution in [2.75, 3.05) is 7.05 Å². The number of hydrogen-bond donors (Lipinski definition) is 1. The molecule has 0 aliphatic rings. The molecule has 0 fully saturated rings. The number of carbonyl (C=O) groups excluding carboxylic acids is 1. The van der Waals surface area contributed by atoms with Gasteiger partial charge >= 0.3 is 0 Å². The second-order valence-electron chi connectivity index (χ2n) is 7.71. The predicted molar refractivity (Wildman–Crippen MR) is 118 cm³/mol. The zero-order valence-electron chi connectivity index (χ0n) is 18.0. The highest BCUT2D eigenvalue weighted by Gasteiger charge is 2.14. The smallest absolute Gasteiger partial charge is 0.223 e. The SMILES string of the molecule is CCc1ccc(CN(C)C(=O)CCc2nnc(CCc3c[nH]c4ccccc34)o2)nc1. The molecule has 3 aromatic heterocycles. The Morgan fingerprint density at radius 1 is 1.06 bits per heavy atom. The normalized spacial score (nSPS) is 11.2. The lowest BCUT2D eigenvalue weighted by molar-refractivity contribution is -0.130. The van der Waals surface area contributed by atoms with E-state index in [9.17, 15) is 4.79 Å². The Hall–Kier alpha value is -3.48. The number of fused-ring (bicyclic) bond motifs is 1. The van der Waals surface area contributed by atoms with E-state index in [1.165, 1.54) is 16.5 Å². The van der Waals surface area contributed by atoms with Crippen LogP contribution in [0.3, 0.4) is 0 Å². The maximum absolute atomic E-state index is 12.5. The summed E-state index contributed by atoms with van der Waals surface area (Å²) in [4.78, 5) is 21.8. The quantitative estimate of drug-likeness (QED) is 0.446. The number of rotatable bonds is 9. The molecule has 0 atom stereocenters. The van der Waals surface area contributed by atoms with E-state index in [2.05, 4.69) is 45.3 Å². The lowest BCUT2D eigenvalue weighted by Gasteiger charge is -2.16. The third-order valence-electron chi connectivity index (χ3n) is 5.46. The van der Waals surface area contributed by atoms with Gasteiger partial charge in [-0.3, -0.25) is 9.78 Å². The first kappa shape index (κ1) is 20.8. The zero-order valence-corrected chi connectivity index (χ0v) is 18.0. The molecule has 0 unspecified atom stereocenters. The van der Waals surface area contributed by atoms with Crippen LogP contribution in [0.15, 0.2) is 53.2 Å². The van der Waals surface area contributed by atoms with Crippen molar-refractivity contribution in [3.8, 4) is 0 Å². The van der Waals surface area contributed by atoms with Gasteiger partial charge in [0.25, 0.3) is 0 Å². The van der Waals surface area contributed by atoms with Gasteiger partial charge < -0.3 is 14.3 Å². The zero-order chi connectivity index (χ0) is 21.6. The van der Waals surface area contributed by atoms with E-state index in [1.54, 1.807) is 11.9 Å². The largest absolute Gasteiger partial charge is 0.425 e. The van der Waals surface area contributed by atoms with Crippen LogP contribution < -0.4 is 0 Å². The van der Waals surface area contributed by atoms with Gasteiger partial charge in [-0.1, -0.05) is 31.2 Å². The van der Waals surface area contributed by atoms with Crippen LogP contribution in [0.5, 0.6) is 0 Å². The maximum atomic E-state index is 12.5. The van der Waals surface area contributed by atoms with Gasteiger partial charge in [0.2, 0.25) is 17.7 Å². The number of hydrogen-bond acceptors (Lipinski definition) is 5. The Bertz CT molecular complexity index is 1150. The molecule has 3 heterocycles. The number of aromatic nitrogens is 4. The van der Waals surface area contributed by atoms with Crippen LogP contribution >= 0.6 is 0 Å². The lowest BCUT2D eigenvalue weighted by atomic mass is 10.1. The molecule has 7 nitrogen and oxygen atoms in total. The second kappa shape index (κ2) is 9.55. The summed E-state index contributed by atoms with van der Waals surface area (Å²) >= 11 is 0. The van der Waals surface area contributed by atoms with E-state index in [4.69, 9.17) is 4.42 Å². The summed E-state index contributed by atoms with van der Waals surface area (Å²) in [5.41, 5.74) is 4.43. The van der Waals surface area contributed by atoms with Gasteiger partial charge in [-0.05, 0) is 36.1 Å².